The number of carboxylic acid groups (broad SMARTS) is 1. The van der Waals surface area contributed by atoms with E-state index in [1.54, 1.807) is 12.3 Å². The number of aromatic nitrogens is 4. The number of piperazine rings is 1. The molecule has 29 heavy (non-hydrogen) atoms. The highest BCUT2D eigenvalue weighted by molar-refractivity contribution is 8.00. The summed E-state index contributed by atoms with van der Waals surface area (Å²) in [6.07, 6.45) is 3.76. The number of hydrogen-bond acceptors (Lipinski definition) is 7. The molecule has 1 aromatic carbocycles. The number of rotatable bonds is 5. The number of hydrogen-bond donors (Lipinski definition) is 3. The average Bonchev–Trinajstić information content (AvgIpc) is 3.26. The molecule has 2 aromatic heterocycles. The number of carbonyl (C=O) groups is 1. The number of aromatic amines is 1. The number of H-pyrrole nitrogens is 1. The Bertz CT molecular complexity index is 1050. The summed E-state index contributed by atoms with van der Waals surface area (Å²) in [4.78, 5) is 28.5. The first kappa shape index (κ1) is 18.3. The highest BCUT2D eigenvalue weighted by atomic mass is 32.2. The highest BCUT2D eigenvalue weighted by Gasteiger charge is 2.24. The molecule has 3 N–H and O–H groups in total. The van der Waals surface area contributed by atoms with Gasteiger partial charge in [0.05, 0.1) is 28.3 Å². The van der Waals surface area contributed by atoms with E-state index in [1.165, 1.54) is 0 Å². The summed E-state index contributed by atoms with van der Waals surface area (Å²) in [6, 6.07) is 4.01. The van der Waals surface area contributed by atoms with Crippen molar-refractivity contribution in [3.05, 3.63) is 30.1 Å². The molecule has 2 aliphatic rings. The molecular formula is C19H23N7O2S. The van der Waals surface area contributed by atoms with Gasteiger partial charge >= 0.3 is 5.97 Å². The molecule has 0 atom stereocenters. The second-order valence-corrected chi connectivity index (χ2v) is 8.62. The van der Waals surface area contributed by atoms with Crippen LogP contribution in [-0.4, -0.2) is 80.2 Å². The third-order valence-corrected chi connectivity index (χ3v) is 6.83. The van der Waals surface area contributed by atoms with Gasteiger partial charge in [-0.05, 0) is 19.2 Å². The molecule has 0 radical (unpaired) electrons. The summed E-state index contributed by atoms with van der Waals surface area (Å²) < 4.78 is 2.13. The Morgan fingerprint density at radius 1 is 1.28 bits per heavy atom. The summed E-state index contributed by atoms with van der Waals surface area (Å²) in [6.45, 7) is 3.42. The van der Waals surface area contributed by atoms with Gasteiger partial charge in [-0.25, -0.2) is 14.8 Å². The van der Waals surface area contributed by atoms with Crippen molar-refractivity contribution in [2.45, 2.75) is 6.04 Å². The van der Waals surface area contributed by atoms with Gasteiger partial charge in [0.15, 0.2) is 0 Å². The predicted octanol–water partition coefficient (Wildman–Crippen LogP) is 2.24. The third kappa shape index (κ3) is 3.42. The summed E-state index contributed by atoms with van der Waals surface area (Å²) >= 11 is 1.92. The number of nitrogens with zero attached hydrogens (tertiary/aromatic N) is 5. The van der Waals surface area contributed by atoms with Crippen LogP contribution in [0.3, 0.4) is 0 Å². The number of fused-ring (bicyclic) bond motifs is 1. The standard InChI is InChI=1S/C19H23N7O2S/c1-24-4-6-25(7-5-24)16-9-15-14(8-13(16)17(27)28)21-18(22-15)23-19-20-2-3-26(19)12-10-29-11-12/h2-3,8-9,12H,4-7,10-11H2,1H3,(H,27,28)(H2,20,21,22,23). The first-order chi connectivity index (χ1) is 14.1. The quantitative estimate of drug-likeness (QED) is 0.585. The Labute approximate surface area is 172 Å². The number of benzene rings is 1. The Kier molecular flexibility index (Phi) is 4.59. The Hall–Kier alpha value is -2.72. The molecule has 0 spiro atoms. The topological polar surface area (TPSA) is 102 Å². The Morgan fingerprint density at radius 3 is 2.76 bits per heavy atom. The molecule has 5 rings (SSSR count). The number of thioether (sulfide) groups is 1. The zero-order valence-electron chi connectivity index (χ0n) is 16.1. The van der Waals surface area contributed by atoms with Crippen LogP contribution in [0.5, 0.6) is 0 Å². The molecule has 2 fully saturated rings. The van der Waals surface area contributed by atoms with Crippen molar-refractivity contribution in [3.8, 4) is 0 Å². The number of imidazole rings is 2. The second-order valence-electron chi connectivity index (χ2n) is 7.54. The predicted molar refractivity (Wildman–Crippen MR) is 115 cm³/mol. The third-order valence-electron chi connectivity index (χ3n) is 5.59. The SMILES string of the molecule is CN1CCN(c2cc3nc(Nc4nccn4C4CSC4)[nH]c3cc2C(=O)O)CC1. The van der Waals surface area contributed by atoms with Gasteiger partial charge in [0.2, 0.25) is 11.9 Å². The normalized spacial score (nSPS) is 18.2. The van der Waals surface area contributed by atoms with Crippen LogP contribution in [-0.2, 0) is 0 Å². The van der Waals surface area contributed by atoms with Gasteiger partial charge in [-0.15, -0.1) is 0 Å². The van der Waals surface area contributed by atoms with Crippen molar-refractivity contribution in [2.24, 2.45) is 0 Å². The van der Waals surface area contributed by atoms with Crippen molar-refractivity contribution < 1.29 is 9.90 Å². The van der Waals surface area contributed by atoms with E-state index in [0.29, 0.717) is 23.1 Å². The number of anilines is 3. The van der Waals surface area contributed by atoms with E-state index in [9.17, 15) is 9.90 Å². The molecule has 3 aromatic rings. The van der Waals surface area contributed by atoms with E-state index in [4.69, 9.17) is 0 Å². The van der Waals surface area contributed by atoms with Crippen molar-refractivity contribution >= 4 is 46.3 Å². The maximum Gasteiger partial charge on any atom is 0.337 e. The summed E-state index contributed by atoms with van der Waals surface area (Å²) in [7, 11) is 2.08. The van der Waals surface area contributed by atoms with Gasteiger partial charge < -0.3 is 24.5 Å². The largest absolute Gasteiger partial charge is 0.478 e. The number of likely N-dealkylation sites (N-methyl/N-ethyl adjacent to an activating group) is 1. The number of nitrogens with one attached hydrogen (secondary N) is 2. The lowest BCUT2D eigenvalue weighted by atomic mass is 10.1. The van der Waals surface area contributed by atoms with Gasteiger partial charge in [-0.3, -0.25) is 5.32 Å². The fourth-order valence-corrected chi connectivity index (χ4v) is 4.55. The fourth-order valence-electron chi connectivity index (χ4n) is 3.78. The molecule has 4 heterocycles. The molecule has 10 heteroatoms. The first-order valence-corrected chi connectivity index (χ1v) is 10.8. The smallest absolute Gasteiger partial charge is 0.337 e. The van der Waals surface area contributed by atoms with Crippen LogP contribution < -0.4 is 10.2 Å². The number of aromatic carboxylic acids is 1. The van der Waals surface area contributed by atoms with Gasteiger partial charge in [0.25, 0.3) is 0 Å². The van der Waals surface area contributed by atoms with E-state index in [0.717, 1.165) is 54.8 Å². The zero-order chi connectivity index (χ0) is 20.0. The van der Waals surface area contributed by atoms with E-state index in [-0.39, 0.29) is 0 Å². The van der Waals surface area contributed by atoms with Crippen LogP contribution in [0.15, 0.2) is 24.5 Å². The van der Waals surface area contributed by atoms with Crippen LogP contribution in [0, 0.1) is 0 Å². The molecule has 9 nitrogen and oxygen atoms in total. The molecular weight excluding hydrogens is 390 g/mol. The van der Waals surface area contributed by atoms with Gasteiger partial charge in [0.1, 0.15) is 0 Å². The molecule has 2 aliphatic heterocycles. The molecule has 0 unspecified atom stereocenters. The minimum atomic E-state index is -0.928. The van der Waals surface area contributed by atoms with Crippen LogP contribution in [0.2, 0.25) is 0 Å². The Morgan fingerprint density at radius 2 is 2.07 bits per heavy atom. The van der Waals surface area contributed by atoms with Crippen LogP contribution in [0.4, 0.5) is 17.6 Å². The monoisotopic (exact) mass is 413 g/mol. The van der Waals surface area contributed by atoms with Gasteiger partial charge in [-0.2, -0.15) is 11.8 Å². The van der Waals surface area contributed by atoms with Crippen LogP contribution in [0.1, 0.15) is 16.4 Å². The van der Waals surface area contributed by atoms with E-state index in [1.807, 2.05) is 24.0 Å². The lowest BCUT2D eigenvalue weighted by Gasteiger charge is -2.34. The summed E-state index contributed by atoms with van der Waals surface area (Å²) in [5.41, 5.74) is 2.46. The summed E-state index contributed by atoms with van der Waals surface area (Å²) in [5.74, 6) is 2.55. The van der Waals surface area contributed by atoms with Crippen LogP contribution in [0.25, 0.3) is 11.0 Å². The lowest BCUT2D eigenvalue weighted by molar-refractivity contribution is 0.0697. The minimum absolute atomic E-state index is 0.297. The van der Waals surface area contributed by atoms with Crippen molar-refractivity contribution in [1.82, 2.24) is 24.4 Å². The molecule has 0 amide bonds. The average molecular weight is 414 g/mol. The minimum Gasteiger partial charge on any atom is -0.478 e. The highest BCUT2D eigenvalue weighted by Crippen LogP contribution is 2.32. The maximum absolute atomic E-state index is 11.9. The van der Waals surface area contributed by atoms with Crippen molar-refractivity contribution in [2.75, 3.05) is 54.9 Å². The fraction of sp³-hybridized carbons (Fsp3) is 0.421. The van der Waals surface area contributed by atoms with Crippen molar-refractivity contribution in [1.29, 1.82) is 0 Å². The number of carboxylic acids is 1. The molecule has 0 aliphatic carbocycles. The molecule has 0 bridgehead atoms. The molecule has 152 valence electrons. The van der Waals surface area contributed by atoms with E-state index < -0.39 is 5.97 Å². The molecule has 2 saturated heterocycles. The van der Waals surface area contributed by atoms with Crippen LogP contribution >= 0.6 is 11.8 Å². The molecule has 0 saturated carbocycles. The zero-order valence-corrected chi connectivity index (χ0v) is 16.9. The van der Waals surface area contributed by atoms with Gasteiger partial charge in [-0.1, -0.05) is 0 Å². The summed E-state index contributed by atoms with van der Waals surface area (Å²) in [5, 5.41) is 13.0. The van der Waals surface area contributed by atoms with E-state index >= 15 is 0 Å². The van der Waals surface area contributed by atoms with Gasteiger partial charge in [0, 0.05) is 50.1 Å². The first-order valence-electron chi connectivity index (χ1n) is 9.66. The second kappa shape index (κ2) is 7.27. The van der Waals surface area contributed by atoms with E-state index in [2.05, 4.69) is 41.7 Å². The lowest BCUT2D eigenvalue weighted by Crippen LogP contribution is -2.45. The van der Waals surface area contributed by atoms with Crippen molar-refractivity contribution in [3.63, 3.8) is 0 Å². The Balaban J connectivity index is 1.47. The maximum atomic E-state index is 11.9.